The number of nitrogens with zero attached hydrogens (tertiary/aromatic N) is 1. The lowest BCUT2D eigenvalue weighted by Gasteiger charge is -2.26. The molecule has 0 bridgehead atoms. The highest BCUT2D eigenvalue weighted by Gasteiger charge is 2.25. The number of aryl methyl sites for hydroxylation is 2. The lowest BCUT2D eigenvalue weighted by atomic mass is 9.89. The lowest BCUT2D eigenvalue weighted by Crippen LogP contribution is -2.44. The number of benzene rings is 1. The van der Waals surface area contributed by atoms with Crippen molar-refractivity contribution in [1.29, 1.82) is 0 Å². The van der Waals surface area contributed by atoms with Crippen molar-refractivity contribution in [2.45, 2.75) is 25.7 Å². The first-order chi connectivity index (χ1) is 9.75. The van der Waals surface area contributed by atoms with Crippen molar-refractivity contribution < 1.29 is 14.3 Å². The van der Waals surface area contributed by atoms with Gasteiger partial charge >= 0.3 is 0 Å². The zero-order valence-electron chi connectivity index (χ0n) is 11.6. The van der Waals surface area contributed by atoms with Gasteiger partial charge < -0.3 is 9.64 Å². The van der Waals surface area contributed by atoms with Crippen molar-refractivity contribution in [3.8, 4) is 0 Å². The summed E-state index contributed by atoms with van der Waals surface area (Å²) >= 11 is 0. The van der Waals surface area contributed by atoms with Crippen molar-refractivity contribution in [3.63, 3.8) is 0 Å². The first kappa shape index (κ1) is 13.3. The molecule has 0 unspecified atom stereocenters. The fourth-order valence-corrected chi connectivity index (χ4v) is 2.91. The van der Waals surface area contributed by atoms with Gasteiger partial charge in [-0.15, -0.1) is 0 Å². The highest BCUT2D eigenvalue weighted by molar-refractivity contribution is 6.42. The molecule has 1 aliphatic carbocycles. The van der Waals surface area contributed by atoms with Crippen LogP contribution in [0.5, 0.6) is 0 Å². The summed E-state index contributed by atoms with van der Waals surface area (Å²) in [6.07, 6.45) is 4.48. The summed E-state index contributed by atoms with van der Waals surface area (Å²) in [5, 5.41) is 0. The Morgan fingerprint density at radius 3 is 2.45 bits per heavy atom. The summed E-state index contributed by atoms with van der Waals surface area (Å²) < 4.78 is 5.20. The van der Waals surface area contributed by atoms with E-state index in [0.717, 1.165) is 12.8 Å². The van der Waals surface area contributed by atoms with Crippen LogP contribution >= 0.6 is 0 Å². The van der Waals surface area contributed by atoms with Crippen molar-refractivity contribution in [3.05, 3.63) is 34.9 Å². The largest absolute Gasteiger partial charge is 0.378 e. The Morgan fingerprint density at radius 2 is 1.70 bits per heavy atom. The van der Waals surface area contributed by atoms with Crippen LogP contribution in [0.25, 0.3) is 0 Å². The monoisotopic (exact) mass is 273 g/mol. The summed E-state index contributed by atoms with van der Waals surface area (Å²) in [5.41, 5.74) is 3.09. The van der Waals surface area contributed by atoms with Crippen molar-refractivity contribution in [2.75, 3.05) is 26.3 Å². The number of ketones is 1. The molecule has 2 aliphatic rings. The standard InChI is InChI=1S/C16H19NO3/c18-15(16(19)17-7-9-20-10-8-17)14-6-5-12-3-1-2-4-13(12)11-14/h5-6,11H,1-4,7-10H2. The third-order valence-corrected chi connectivity index (χ3v) is 4.10. The topological polar surface area (TPSA) is 46.6 Å². The van der Waals surface area contributed by atoms with E-state index in [2.05, 4.69) is 0 Å². The first-order valence-corrected chi connectivity index (χ1v) is 7.29. The number of fused-ring (bicyclic) bond motifs is 1. The van der Waals surface area contributed by atoms with Crippen LogP contribution in [-0.2, 0) is 22.4 Å². The zero-order chi connectivity index (χ0) is 13.9. The van der Waals surface area contributed by atoms with E-state index in [-0.39, 0.29) is 5.78 Å². The number of amides is 1. The van der Waals surface area contributed by atoms with Crippen LogP contribution in [0.1, 0.15) is 34.3 Å². The minimum atomic E-state index is -0.399. The van der Waals surface area contributed by atoms with Crippen LogP contribution in [0.4, 0.5) is 0 Å². The van der Waals surface area contributed by atoms with E-state index in [1.165, 1.54) is 24.0 Å². The second kappa shape index (κ2) is 5.75. The fourth-order valence-electron chi connectivity index (χ4n) is 2.91. The molecule has 1 aromatic rings. The van der Waals surface area contributed by atoms with Gasteiger partial charge in [0.05, 0.1) is 13.2 Å². The number of ether oxygens (including phenoxy) is 1. The second-order valence-corrected chi connectivity index (χ2v) is 5.42. The molecular formula is C16H19NO3. The molecule has 0 N–H and O–H groups in total. The normalized spacial score (nSPS) is 18.5. The molecule has 106 valence electrons. The maximum Gasteiger partial charge on any atom is 0.295 e. The van der Waals surface area contributed by atoms with Gasteiger partial charge in [0.25, 0.3) is 5.91 Å². The van der Waals surface area contributed by atoms with Gasteiger partial charge in [0.15, 0.2) is 0 Å². The molecule has 4 heteroatoms. The van der Waals surface area contributed by atoms with E-state index in [1.807, 2.05) is 12.1 Å². The summed E-state index contributed by atoms with van der Waals surface area (Å²) in [7, 11) is 0. The predicted molar refractivity (Wildman–Crippen MR) is 74.8 cm³/mol. The molecule has 1 amide bonds. The van der Waals surface area contributed by atoms with Crippen LogP contribution in [0.3, 0.4) is 0 Å². The highest BCUT2D eigenvalue weighted by Crippen LogP contribution is 2.22. The molecule has 0 atom stereocenters. The van der Waals surface area contributed by atoms with Crippen LogP contribution in [0.15, 0.2) is 18.2 Å². The van der Waals surface area contributed by atoms with E-state index in [0.29, 0.717) is 31.9 Å². The van der Waals surface area contributed by atoms with Crippen LogP contribution < -0.4 is 0 Å². The molecule has 0 spiro atoms. The molecule has 0 radical (unpaired) electrons. The van der Waals surface area contributed by atoms with Gasteiger partial charge in [-0.2, -0.15) is 0 Å². The van der Waals surface area contributed by atoms with E-state index in [1.54, 1.807) is 11.0 Å². The molecule has 3 rings (SSSR count). The Bertz CT molecular complexity index is 533. The number of hydrogen-bond acceptors (Lipinski definition) is 3. The summed E-state index contributed by atoms with van der Waals surface area (Å²) in [4.78, 5) is 26.1. The molecule has 1 heterocycles. The second-order valence-electron chi connectivity index (χ2n) is 5.42. The Balaban J connectivity index is 1.77. The molecule has 0 aromatic heterocycles. The molecule has 20 heavy (non-hydrogen) atoms. The quantitative estimate of drug-likeness (QED) is 0.607. The first-order valence-electron chi connectivity index (χ1n) is 7.29. The van der Waals surface area contributed by atoms with Crippen molar-refractivity contribution in [1.82, 2.24) is 4.90 Å². The molecule has 1 aromatic carbocycles. The third-order valence-electron chi connectivity index (χ3n) is 4.10. The number of hydrogen-bond donors (Lipinski definition) is 0. The predicted octanol–water partition coefficient (Wildman–Crippen LogP) is 1.61. The van der Waals surface area contributed by atoms with Gasteiger partial charge in [-0.3, -0.25) is 9.59 Å². The molecule has 0 saturated carbocycles. The third kappa shape index (κ3) is 2.61. The maximum atomic E-state index is 12.3. The van der Waals surface area contributed by atoms with Crippen LogP contribution in [0, 0.1) is 0 Å². The maximum absolute atomic E-state index is 12.3. The van der Waals surface area contributed by atoms with E-state index in [4.69, 9.17) is 4.74 Å². The molecule has 1 saturated heterocycles. The number of carbonyl (C=O) groups excluding carboxylic acids is 2. The highest BCUT2D eigenvalue weighted by atomic mass is 16.5. The Kier molecular flexibility index (Phi) is 3.83. The van der Waals surface area contributed by atoms with E-state index < -0.39 is 5.91 Å². The Morgan fingerprint density at radius 1 is 1.00 bits per heavy atom. The van der Waals surface area contributed by atoms with Gasteiger partial charge in [0.1, 0.15) is 0 Å². The fraction of sp³-hybridized carbons (Fsp3) is 0.500. The zero-order valence-corrected chi connectivity index (χ0v) is 11.6. The Labute approximate surface area is 118 Å². The number of morpholine rings is 1. The van der Waals surface area contributed by atoms with E-state index >= 15 is 0 Å². The molecular weight excluding hydrogens is 254 g/mol. The van der Waals surface area contributed by atoms with Crippen LogP contribution in [0.2, 0.25) is 0 Å². The van der Waals surface area contributed by atoms with Crippen molar-refractivity contribution in [2.24, 2.45) is 0 Å². The average molecular weight is 273 g/mol. The molecule has 1 fully saturated rings. The summed E-state index contributed by atoms with van der Waals surface area (Å²) in [6, 6.07) is 5.72. The minimum absolute atomic E-state index is 0.389. The van der Waals surface area contributed by atoms with Crippen molar-refractivity contribution >= 4 is 11.7 Å². The van der Waals surface area contributed by atoms with Gasteiger partial charge in [0, 0.05) is 18.7 Å². The average Bonchev–Trinajstić information content (AvgIpc) is 2.54. The Hall–Kier alpha value is -1.68. The summed E-state index contributed by atoms with van der Waals surface area (Å²) in [5.74, 6) is -0.788. The van der Waals surface area contributed by atoms with Gasteiger partial charge in [-0.1, -0.05) is 12.1 Å². The van der Waals surface area contributed by atoms with Crippen LogP contribution in [-0.4, -0.2) is 42.9 Å². The smallest absolute Gasteiger partial charge is 0.295 e. The van der Waals surface area contributed by atoms with Gasteiger partial charge in [-0.05, 0) is 42.9 Å². The number of Topliss-reactive ketones (excluding diaryl/α,β-unsaturated/α-hetero) is 1. The SMILES string of the molecule is O=C(C(=O)N1CCOCC1)c1ccc2c(c1)CCCC2. The van der Waals surface area contributed by atoms with E-state index in [9.17, 15) is 9.59 Å². The van der Waals surface area contributed by atoms with Gasteiger partial charge in [0.2, 0.25) is 5.78 Å². The summed E-state index contributed by atoms with van der Waals surface area (Å²) in [6.45, 7) is 2.05. The minimum Gasteiger partial charge on any atom is -0.378 e. The number of rotatable bonds is 2. The number of carbonyl (C=O) groups is 2. The molecule has 4 nitrogen and oxygen atoms in total. The molecule has 1 aliphatic heterocycles. The lowest BCUT2D eigenvalue weighted by molar-refractivity contribution is -0.130. The van der Waals surface area contributed by atoms with Gasteiger partial charge in [-0.25, -0.2) is 0 Å².